The van der Waals surface area contributed by atoms with E-state index in [0.717, 1.165) is 25.2 Å². The van der Waals surface area contributed by atoms with Crippen molar-refractivity contribution >= 4 is 52.2 Å². The molecule has 5 aromatic rings. The number of hydrogen-bond donors (Lipinski definition) is 4. The highest BCUT2D eigenvalue weighted by Crippen LogP contribution is 2.30. The molecule has 0 radical (unpaired) electrons. The molecule has 0 bridgehead atoms. The standard InChI is InChI=1S/C27H28N8O4S2/c1-35(2)41(38,39)40(36,37)33-24-15-16-26(30-27(24)29-21-13-14-23-25(17-21)32-34-31-23)28-18-22(19-9-5-3-6-10-19)20-11-7-4-8-12-20/h3-17,22,33H,18H2,1-2H3,(H2,28,29,30)(H,31,32,34). The Balaban J connectivity index is 1.48. The van der Waals surface area contributed by atoms with Crippen molar-refractivity contribution in [1.29, 1.82) is 0 Å². The van der Waals surface area contributed by atoms with Gasteiger partial charge in [0.05, 0.1) is 5.69 Å². The third kappa shape index (κ3) is 6.14. The van der Waals surface area contributed by atoms with E-state index in [9.17, 15) is 16.8 Å². The predicted molar refractivity (Wildman–Crippen MR) is 160 cm³/mol. The molecule has 0 spiro atoms. The van der Waals surface area contributed by atoms with Crippen molar-refractivity contribution in [2.45, 2.75) is 5.92 Å². The average Bonchev–Trinajstić information content (AvgIpc) is 3.43. The lowest BCUT2D eigenvalue weighted by Crippen LogP contribution is -2.34. The van der Waals surface area contributed by atoms with Crippen LogP contribution >= 0.6 is 0 Å². The topological polar surface area (TPSA) is 162 Å². The number of benzene rings is 3. The van der Waals surface area contributed by atoms with Gasteiger partial charge >= 0.3 is 18.1 Å². The molecule has 0 aliphatic heterocycles. The van der Waals surface area contributed by atoms with Crippen LogP contribution in [0.5, 0.6) is 0 Å². The second-order valence-electron chi connectivity index (χ2n) is 9.30. The molecule has 14 heteroatoms. The minimum Gasteiger partial charge on any atom is -0.369 e. The van der Waals surface area contributed by atoms with Crippen LogP contribution in [0.25, 0.3) is 11.0 Å². The second-order valence-corrected chi connectivity index (χ2v) is 14.6. The summed E-state index contributed by atoms with van der Waals surface area (Å²) in [7, 11) is -7.24. The number of aromatic nitrogens is 4. The first-order valence-corrected chi connectivity index (χ1v) is 16.0. The smallest absolute Gasteiger partial charge is 0.353 e. The highest BCUT2D eigenvalue weighted by Gasteiger charge is 2.33. The highest BCUT2D eigenvalue weighted by atomic mass is 33.2. The fourth-order valence-corrected chi connectivity index (χ4v) is 6.87. The van der Waals surface area contributed by atoms with E-state index in [-0.39, 0.29) is 17.4 Å². The van der Waals surface area contributed by atoms with E-state index in [2.05, 4.69) is 60.0 Å². The van der Waals surface area contributed by atoms with Crippen molar-refractivity contribution in [1.82, 2.24) is 24.7 Å². The van der Waals surface area contributed by atoms with E-state index in [0.29, 0.717) is 33.4 Å². The molecule has 0 unspecified atom stereocenters. The molecule has 4 N–H and O–H groups in total. The van der Waals surface area contributed by atoms with Crippen LogP contribution in [0.2, 0.25) is 0 Å². The van der Waals surface area contributed by atoms with Crippen molar-refractivity contribution in [3.63, 3.8) is 0 Å². The van der Waals surface area contributed by atoms with E-state index < -0.39 is 18.1 Å². The molecule has 2 aromatic heterocycles. The molecule has 3 aromatic carbocycles. The van der Waals surface area contributed by atoms with Crippen molar-refractivity contribution in [3.05, 3.63) is 102 Å². The van der Waals surface area contributed by atoms with Crippen LogP contribution < -0.4 is 15.4 Å². The van der Waals surface area contributed by atoms with Crippen LogP contribution in [0.1, 0.15) is 17.0 Å². The molecule has 0 fully saturated rings. The zero-order valence-corrected chi connectivity index (χ0v) is 23.8. The van der Waals surface area contributed by atoms with Crippen LogP contribution in [0.4, 0.5) is 23.0 Å². The number of fused-ring (bicyclic) bond motifs is 1. The van der Waals surface area contributed by atoms with Gasteiger partial charge in [-0.3, -0.25) is 4.72 Å². The lowest BCUT2D eigenvalue weighted by molar-refractivity contribution is 0.528. The normalized spacial score (nSPS) is 12.1. The minimum absolute atomic E-state index is 0.00796. The Labute approximate surface area is 237 Å². The number of H-pyrrole nitrogens is 1. The summed E-state index contributed by atoms with van der Waals surface area (Å²) in [6.07, 6.45) is 0. The summed E-state index contributed by atoms with van der Waals surface area (Å²) in [4.78, 5) is 4.60. The predicted octanol–water partition coefficient (Wildman–Crippen LogP) is 3.89. The van der Waals surface area contributed by atoms with E-state index in [1.807, 2.05) is 36.4 Å². The van der Waals surface area contributed by atoms with Gasteiger partial charge < -0.3 is 10.6 Å². The maximum Gasteiger partial charge on any atom is 0.353 e. The highest BCUT2D eigenvalue weighted by molar-refractivity contribution is 8.66. The molecule has 0 saturated carbocycles. The molecule has 0 saturated heterocycles. The van der Waals surface area contributed by atoms with Gasteiger partial charge in [0.1, 0.15) is 16.9 Å². The lowest BCUT2D eigenvalue weighted by atomic mass is 9.91. The zero-order valence-electron chi connectivity index (χ0n) is 22.2. The van der Waals surface area contributed by atoms with Gasteiger partial charge in [-0.2, -0.15) is 36.6 Å². The summed E-state index contributed by atoms with van der Waals surface area (Å²) in [6.45, 7) is 0.492. The van der Waals surface area contributed by atoms with Gasteiger partial charge in [-0.1, -0.05) is 60.7 Å². The summed E-state index contributed by atoms with van der Waals surface area (Å²) < 4.78 is 53.3. The van der Waals surface area contributed by atoms with E-state index in [1.54, 1.807) is 24.3 Å². The zero-order chi connectivity index (χ0) is 29.0. The van der Waals surface area contributed by atoms with Crippen LogP contribution in [-0.2, 0) is 18.1 Å². The first-order valence-electron chi connectivity index (χ1n) is 12.5. The molecule has 12 nitrogen and oxygen atoms in total. The fourth-order valence-electron chi connectivity index (χ4n) is 4.18. The first kappa shape index (κ1) is 28.0. The Morgan fingerprint density at radius 1 is 0.805 bits per heavy atom. The largest absolute Gasteiger partial charge is 0.369 e. The van der Waals surface area contributed by atoms with Crippen molar-refractivity contribution in [2.75, 3.05) is 36.0 Å². The monoisotopic (exact) mass is 592 g/mol. The molecule has 5 rings (SSSR count). The Bertz CT molecular complexity index is 1820. The Morgan fingerprint density at radius 2 is 1.44 bits per heavy atom. The number of nitrogens with one attached hydrogen (secondary N) is 4. The van der Waals surface area contributed by atoms with Crippen molar-refractivity contribution in [2.24, 2.45) is 0 Å². The average molecular weight is 593 g/mol. The van der Waals surface area contributed by atoms with Crippen molar-refractivity contribution in [3.8, 4) is 0 Å². The summed E-state index contributed by atoms with van der Waals surface area (Å²) in [6, 6.07) is 28.3. The Morgan fingerprint density at radius 3 is 2.07 bits per heavy atom. The van der Waals surface area contributed by atoms with E-state index >= 15 is 0 Å². The number of pyridine rings is 1. The van der Waals surface area contributed by atoms with Crippen molar-refractivity contribution < 1.29 is 16.8 Å². The summed E-state index contributed by atoms with van der Waals surface area (Å²) in [5, 5.41) is 17.1. The third-order valence-corrected chi connectivity index (χ3v) is 11.1. The third-order valence-electron chi connectivity index (χ3n) is 6.32. The first-order chi connectivity index (χ1) is 19.6. The molecule has 212 valence electrons. The quantitative estimate of drug-likeness (QED) is 0.167. The van der Waals surface area contributed by atoms with Gasteiger partial charge in [0.15, 0.2) is 5.82 Å². The number of rotatable bonds is 11. The molecule has 0 aliphatic carbocycles. The molecule has 0 atom stereocenters. The van der Waals surface area contributed by atoms with Crippen LogP contribution in [-0.4, -0.2) is 62.2 Å². The SMILES string of the molecule is CN(C)S(=O)(=O)S(=O)(=O)Nc1ccc(NCC(c2ccccc2)c2ccccc2)nc1Nc1ccc2n[nH]nc2c1. The van der Waals surface area contributed by atoms with Crippen LogP contribution in [0, 0.1) is 0 Å². The van der Waals surface area contributed by atoms with Gasteiger partial charge in [0.25, 0.3) is 0 Å². The maximum absolute atomic E-state index is 12.8. The Hall–Kier alpha value is -4.53. The number of hydrogen-bond acceptors (Lipinski definition) is 9. The second kappa shape index (κ2) is 11.5. The van der Waals surface area contributed by atoms with Gasteiger partial charge in [-0.05, 0) is 41.5 Å². The summed E-state index contributed by atoms with van der Waals surface area (Å²) in [5.41, 5.74) is 3.94. The number of aromatic amines is 1. The van der Waals surface area contributed by atoms with Gasteiger partial charge in [-0.15, -0.1) is 0 Å². The number of anilines is 4. The lowest BCUT2D eigenvalue weighted by Gasteiger charge is -2.20. The molecular formula is C27H28N8O4S2. The summed E-state index contributed by atoms with van der Waals surface area (Å²) >= 11 is 0. The molecular weight excluding hydrogens is 564 g/mol. The molecule has 0 amide bonds. The van der Waals surface area contributed by atoms with Crippen LogP contribution in [0.15, 0.2) is 91.0 Å². The van der Waals surface area contributed by atoms with E-state index in [4.69, 9.17) is 0 Å². The van der Waals surface area contributed by atoms with Gasteiger partial charge in [-0.25, -0.2) is 4.98 Å². The van der Waals surface area contributed by atoms with E-state index in [1.165, 1.54) is 6.07 Å². The Kier molecular flexibility index (Phi) is 7.88. The molecule has 41 heavy (non-hydrogen) atoms. The molecule has 0 aliphatic rings. The minimum atomic E-state index is -4.84. The molecule has 2 heterocycles. The summed E-state index contributed by atoms with van der Waals surface area (Å²) in [5.74, 6) is 0.547. The van der Waals surface area contributed by atoms with Crippen LogP contribution in [0.3, 0.4) is 0 Å². The van der Waals surface area contributed by atoms with Gasteiger partial charge in [0.2, 0.25) is 0 Å². The fraction of sp³-hybridized carbons (Fsp3) is 0.148. The maximum atomic E-state index is 12.8. The number of nitrogens with zero attached hydrogens (tertiary/aromatic N) is 4. The van der Waals surface area contributed by atoms with Gasteiger partial charge in [0, 0.05) is 32.2 Å².